The summed E-state index contributed by atoms with van der Waals surface area (Å²) in [5, 5.41) is 2.71. The van der Waals surface area contributed by atoms with Gasteiger partial charge in [0.15, 0.2) is 0 Å². The minimum atomic E-state index is -4.96. The van der Waals surface area contributed by atoms with E-state index < -0.39 is 47.4 Å². The summed E-state index contributed by atoms with van der Waals surface area (Å²) in [6.07, 6.45) is -10.1. The van der Waals surface area contributed by atoms with Crippen LogP contribution in [-0.4, -0.2) is 28.8 Å². The van der Waals surface area contributed by atoms with Gasteiger partial charge in [-0.3, -0.25) is 9.59 Å². The standard InChI is InChI=1S/C18H20F6N2O2/c1-16(2,3)25-15(28)11-6-14(27)26(9-11)8-10-4-12(17(19,20)21)7-13(5-10)18(22,23)24/h4-5,7,11H,6,8-9H2,1-3H3,(H,25,28)/t11-/m1/s1. The Morgan fingerprint density at radius 2 is 1.54 bits per heavy atom. The van der Waals surface area contributed by atoms with Crippen LogP contribution < -0.4 is 5.32 Å². The highest BCUT2D eigenvalue weighted by Crippen LogP contribution is 2.36. The van der Waals surface area contributed by atoms with E-state index in [0.29, 0.717) is 12.1 Å². The van der Waals surface area contributed by atoms with Gasteiger partial charge in [-0.2, -0.15) is 26.3 Å². The smallest absolute Gasteiger partial charge is 0.351 e. The summed E-state index contributed by atoms with van der Waals surface area (Å²) in [5.41, 5.74) is -3.71. The number of amides is 2. The molecule has 0 unspecified atom stereocenters. The predicted octanol–water partition coefficient (Wildman–Crippen LogP) is 3.99. The molecule has 1 aromatic carbocycles. The van der Waals surface area contributed by atoms with E-state index >= 15 is 0 Å². The fraction of sp³-hybridized carbons (Fsp3) is 0.556. The molecule has 2 amide bonds. The van der Waals surface area contributed by atoms with E-state index in [0.717, 1.165) is 4.90 Å². The summed E-state index contributed by atoms with van der Waals surface area (Å²) in [6.45, 7) is 4.74. The average molecular weight is 410 g/mol. The number of nitrogens with zero attached hydrogens (tertiary/aromatic N) is 1. The molecule has 1 aromatic rings. The number of carbonyl (C=O) groups excluding carboxylic acids is 2. The summed E-state index contributed by atoms with van der Waals surface area (Å²) in [4.78, 5) is 25.4. The van der Waals surface area contributed by atoms with Crippen molar-refractivity contribution in [1.29, 1.82) is 0 Å². The summed E-state index contributed by atoms with van der Waals surface area (Å²) in [7, 11) is 0. The number of halogens is 6. The molecule has 1 aliphatic rings. The summed E-state index contributed by atoms with van der Waals surface area (Å²) in [5.74, 6) is -1.59. The van der Waals surface area contributed by atoms with Crippen LogP contribution >= 0.6 is 0 Å². The molecule has 0 spiro atoms. The SMILES string of the molecule is CC(C)(C)NC(=O)[C@@H]1CC(=O)N(Cc2cc(C(F)(F)F)cc(C(F)(F)F)c2)C1. The second kappa shape index (κ2) is 7.29. The molecule has 1 heterocycles. The van der Waals surface area contributed by atoms with Gasteiger partial charge in [-0.1, -0.05) is 0 Å². The van der Waals surface area contributed by atoms with Gasteiger partial charge in [0.1, 0.15) is 0 Å². The highest BCUT2D eigenvalue weighted by Gasteiger charge is 2.39. The fourth-order valence-corrected chi connectivity index (χ4v) is 2.90. The number of benzene rings is 1. The van der Waals surface area contributed by atoms with Crippen LogP contribution in [0.4, 0.5) is 26.3 Å². The summed E-state index contributed by atoms with van der Waals surface area (Å²) in [6, 6.07) is 1.21. The second-order valence-electron chi connectivity index (χ2n) is 7.83. The van der Waals surface area contributed by atoms with Gasteiger partial charge in [0.2, 0.25) is 11.8 Å². The van der Waals surface area contributed by atoms with E-state index in [-0.39, 0.29) is 30.5 Å². The molecule has 0 saturated carbocycles. The third-order valence-corrected chi connectivity index (χ3v) is 4.10. The Morgan fingerprint density at radius 1 is 1.04 bits per heavy atom. The minimum Gasteiger partial charge on any atom is -0.351 e. The van der Waals surface area contributed by atoms with Gasteiger partial charge >= 0.3 is 12.4 Å². The van der Waals surface area contributed by atoms with Crippen LogP contribution in [-0.2, 0) is 28.5 Å². The topological polar surface area (TPSA) is 49.4 Å². The lowest BCUT2D eigenvalue weighted by molar-refractivity contribution is -0.143. The second-order valence-corrected chi connectivity index (χ2v) is 7.83. The Hall–Kier alpha value is -2.26. The fourth-order valence-electron chi connectivity index (χ4n) is 2.90. The lowest BCUT2D eigenvalue weighted by atomic mass is 10.0. The molecule has 1 N–H and O–H groups in total. The zero-order valence-corrected chi connectivity index (χ0v) is 15.5. The Bertz CT molecular complexity index is 733. The normalized spacial score (nSPS) is 18.5. The van der Waals surface area contributed by atoms with Gasteiger partial charge < -0.3 is 10.2 Å². The average Bonchev–Trinajstić information content (AvgIpc) is 2.85. The third-order valence-electron chi connectivity index (χ3n) is 4.10. The predicted molar refractivity (Wildman–Crippen MR) is 87.9 cm³/mol. The van der Waals surface area contributed by atoms with Gasteiger partial charge in [0.25, 0.3) is 0 Å². The van der Waals surface area contributed by atoms with E-state index in [2.05, 4.69) is 5.32 Å². The molecule has 156 valence electrons. The van der Waals surface area contributed by atoms with E-state index in [1.54, 1.807) is 20.8 Å². The molecule has 0 bridgehead atoms. The van der Waals surface area contributed by atoms with Crippen molar-refractivity contribution in [2.24, 2.45) is 5.92 Å². The molecule has 2 rings (SSSR count). The van der Waals surface area contributed by atoms with Gasteiger partial charge in [-0.25, -0.2) is 0 Å². The van der Waals surface area contributed by atoms with E-state index in [4.69, 9.17) is 0 Å². The Kier molecular flexibility index (Phi) is 5.73. The minimum absolute atomic E-state index is 0.0366. The number of hydrogen-bond acceptors (Lipinski definition) is 2. The number of hydrogen-bond donors (Lipinski definition) is 1. The molecule has 0 aromatic heterocycles. The highest BCUT2D eigenvalue weighted by atomic mass is 19.4. The Morgan fingerprint density at radius 3 is 1.96 bits per heavy atom. The van der Waals surface area contributed by atoms with Crippen LogP contribution in [0.5, 0.6) is 0 Å². The molecule has 10 heteroatoms. The van der Waals surface area contributed by atoms with E-state index in [1.807, 2.05) is 0 Å². The molecular weight excluding hydrogens is 390 g/mol. The first-order valence-electron chi connectivity index (χ1n) is 8.44. The maximum atomic E-state index is 13.0. The van der Waals surface area contributed by atoms with Gasteiger partial charge in [-0.15, -0.1) is 0 Å². The van der Waals surface area contributed by atoms with Crippen molar-refractivity contribution >= 4 is 11.8 Å². The molecule has 0 aliphatic carbocycles. The van der Waals surface area contributed by atoms with Crippen molar-refractivity contribution in [3.8, 4) is 0 Å². The van der Waals surface area contributed by atoms with Crippen LogP contribution in [0, 0.1) is 5.92 Å². The molecule has 4 nitrogen and oxygen atoms in total. The van der Waals surface area contributed by atoms with Crippen molar-refractivity contribution in [3.63, 3.8) is 0 Å². The maximum Gasteiger partial charge on any atom is 0.416 e. The summed E-state index contributed by atoms with van der Waals surface area (Å²) >= 11 is 0. The van der Waals surface area contributed by atoms with E-state index in [9.17, 15) is 35.9 Å². The van der Waals surface area contributed by atoms with Crippen LogP contribution in [0.1, 0.15) is 43.9 Å². The van der Waals surface area contributed by atoms with Crippen LogP contribution in [0.2, 0.25) is 0 Å². The lowest BCUT2D eigenvalue weighted by Gasteiger charge is -2.23. The lowest BCUT2D eigenvalue weighted by Crippen LogP contribution is -2.44. The van der Waals surface area contributed by atoms with Crippen molar-refractivity contribution < 1.29 is 35.9 Å². The zero-order valence-electron chi connectivity index (χ0n) is 15.5. The third kappa shape index (κ3) is 5.62. The monoisotopic (exact) mass is 410 g/mol. The maximum absolute atomic E-state index is 13.0. The van der Waals surface area contributed by atoms with Crippen LogP contribution in [0.3, 0.4) is 0 Å². The van der Waals surface area contributed by atoms with Gasteiger partial charge in [0.05, 0.1) is 17.0 Å². The molecule has 1 saturated heterocycles. The van der Waals surface area contributed by atoms with Crippen LogP contribution in [0.25, 0.3) is 0 Å². The Labute approximate surface area is 157 Å². The number of likely N-dealkylation sites (tertiary alicyclic amines) is 1. The molecule has 1 aliphatic heterocycles. The Balaban J connectivity index is 2.23. The number of rotatable bonds is 3. The first-order chi connectivity index (χ1) is 12.6. The molecule has 1 fully saturated rings. The summed E-state index contributed by atoms with van der Waals surface area (Å²) < 4.78 is 77.7. The van der Waals surface area contributed by atoms with E-state index in [1.165, 1.54) is 0 Å². The highest BCUT2D eigenvalue weighted by molar-refractivity contribution is 5.89. The van der Waals surface area contributed by atoms with Crippen molar-refractivity contribution in [2.45, 2.75) is 51.6 Å². The first-order valence-corrected chi connectivity index (χ1v) is 8.44. The molecule has 1 atom stereocenters. The molecular formula is C18H20F6N2O2. The van der Waals surface area contributed by atoms with Crippen molar-refractivity contribution in [3.05, 3.63) is 34.9 Å². The van der Waals surface area contributed by atoms with Crippen LogP contribution in [0.15, 0.2) is 18.2 Å². The molecule has 28 heavy (non-hydrogen) atoms. The number of carbonyl (C=O) groups is 2. The zero-order chi connectivity index (χ0) is 21.5. The van der Waals surface area contributed by atoms with Gasteiger partial charge in [0, 0.05) is 25.0 Å². The van der Waals surface area contributed by atoms with Crippen molar-refractivity contribution in [2.75, 3.05) is 6.54 Å². The van der Waals surface area contributed by atoms with Crippen molar-refractivity contribution in [1.82, 2.24) is 10.2 Å². The quantitative estimate of drug-likeness (QED) is 0.767. The number of nitrogens with one attached hydrogen (secondary N) is 1. The largest absolute Gasteiger partial charge is 0.416 e. The molecule has 0 radical (unpaired) electrons. The van der Waals surface area contributed by atoms with Gasteiger partial charge in [-0.05, 0) is 44.5 Å². The number of alkyl halides is 6. The first kappa shape index (κ1) is 22.0.